The molecular formula is C9H12F2N2O. The quantitative estimate of drug-likeness (QED) is 0.812. The largest absolute Gasteiger partial charge is 0.481 e. The van der Waals surface area contributed by atoms with Crippen molar-refractivity contribution in [1.29, 1.82) is 0 Å². The van der Waals surface area contributed by atoms with E-state index in [1.165, 1.54) is 7.11 Å². The summed E-state index contributed by atoms with van der Waals surface area (Å²) in [5.74, 6) is -0.0413. The van der Waals surface area contributed by atoms with Crippen LogP contribution in [-0.4, -0.2) is 12.1 Å². The molecule has 1 aromatic rings. The molecule has 0 bridgehead atoms. The molecule has 2 N–H and O–H groups in total. The van der Waals surface area contributed by atoms with E-state index in [1.807, 2.05) is 0 Å². The number of rotatable bonds is 3. The Labute approximate surface area is 80.9 Å². The fourth-order valence-electron chi connectivity index (χ4n) is 1.28. The average Bonchev–Trinajstić information content (AvgIpc) is 2.15. The summed E-state index contributed by atoms with van der Waals surface area (Å²) in [5, 5.41) is 0. The van der Waals surface area contributed by atoms with E-state index in [9.17, 15) is 8.78 Å². The van der Waals surface area contributed by atoms with Crippen molar-refractivity contribution in [3.63, 3.8) is 0 Å². The molecule has 1 aromatic heterocycles. The molecule has 0 fully saturated rings. The Morgan fingerprint density at radius 3 is 2.64 bits per heavy atom. The van der Waals surface area contributed by atoms with Crippen molar-refractivity contribution < 1.29 is 13.5 Å². The van der Waals surface area contributed by atoms with Crippen molar-refractivity contribution in [3.05, 3.63) is 22.9 Å². The predicted octanol–water partition coefficient (Wildman–Crippen LogP) is 1.79. The molecule has 14 heavy (non-hydrogen) atoms. The third-order valence-corrected chi connectivity index (χ3v) is 1.87. The lowest BCUT2D eigenvalue weighted by molar-refractivity contribution is 0.144. The maximum absolute atomic E-state index is 12.6. The maximum atomic E-state index is 12.6. The van der Waals surface area contributed by atoms with Gasteiger partial charge in [-0.15, -0.1) is 0 Å². The minimum atomic E-state index is -2.61. The van der Waals surface area contributed by atoms with E-state index in [0.717, 1.165) is 0 Å². The molecule has 0 aromatic carbocycles. The van der Waals surface area contributed by atoms with Crippen LogP contribution >= 0.6 is 0 Å². The van der Waals surface area contributed by atoms with Crippen LogP contribution in [0.5, 0.6) is 5.88 Å². The van der Waals surface area contributed by atoms with E-state index in [1.54, 1.807) is 13.0 Å². The van der Waals surface area contributed by atoms with E-state index in [-0.39, 0.29) is 18.0 Å². The van der Waals surface area contributed by atoms with Gasteiger partial charge in [0.05, 0.1) is 12.7 Å². The molecule has 3 nitrogen and oxygen atoms in total. The van der Waals surface area contributed by atoms with Crippen molar-refractivity contribution in [1.82, 2.24) is 4.98 Å². The number of nitrogens with two attached hydrogens (primary N) is 1. The second kappa shape index (κ2) is 4.32. The number of pyridine rings is 1. The third kappa shape index (κ3) is 1.98. The second-order valence-electron chi connectivity index (χ2n) is 2.85. The van der Waals surface area contributed by atoms with E-state index in [0.29, 0.717) is 11.3 Å². The summed E-state index contributed by atoms with van der Waals surface area (Å²) in [7, 11) is 1.31. The Hall–Kier alpha value is -1.23. The van der Waals surface area contributed by atoms with E-state index in [2.05, 4.69) is 4.98 Å². The Morgan fingerprint density at radius 2 is 2.21 bits per heavy atom. The van der Waals surface area contributed by atoms with Crippen LogP contribution in [0.3, 0.4) is 0 Å². The standard InChI is InChI=1S/C9H12F2N2O/c1-5-3-6(4-12)7(8(10)11)9(13-5)14-2/h3,8H,4,12H2,1-2H3. The molecule has 0 radical (unpaired) electrons. The molecule has 0 aliphatic rings. The zero-order valence-corrected chi connectivity index (χ0v) is 8.05. The van der Waals surface area contributed by atoms with Gasteiger partial charge in [0, 0.05) is 12.2 Å². The highest BCUT2D eigenvalue weighted by molar-refractivity contribution is 5.37. The number of methoxy groups -OCH3 is 1. The number of hydrogen-bond acceptors (Lipinski definition) is 3. The van der Waals surface area contributed by atoms with Crippen LogP contribution in [0.15, 0.2) is 6.07 Å². The van der Waals surface area contributed by atoms with Gasteiger partial charge in [0.15, 0.2) is 0 Å². The van der Waals surface area contributed by atoms with Crippen LogP contribution in [-0.2, 0) is 6.54 Å². The molecule has 0 saturated heterocycles. The maximum Gasteiger partial charge on any atom is 0.269 e. The van der Waals surface area contributed by atoms with Crippen LogP contribution < -0.4 is 10.5 Å². The zero-order chi connectivity index (χ0) is 10.7. The van der Waals surface area contributed by atoms with Crippen molar-refractivity contribution in [2.24, 2.45) is 5.73 Å². The highest BCUT2D eigenvalue weighted by Gasteiger charge is 2.19. The summed E-state index contributed by atoms with van der Waals surface area (Å²) in [6.07, 6.45) is -2.61. The number of aromatic nitrogens is 1. The van der Waals surface area contributed by atoms with Crippen molar-refractivity contribution in [2.45, 2.75) is 19.9 Å². The minimum absolute atomic E-state index is 0.0413. The Balaban J connectivity index is 3.33. The van der Waals surface area contributed by atoms with Gasteiger partial charge >= 0.3 is 0 Å². The molecule has 0 aliphatic carbocycles. The van der Waals surface area contributed by atoms with Gasteiger partial charge in [0.25, 0.3) is 6.43 Å². The van der Waals surface area contributed by atoms with E-state index < -0.39 is 6.43 Å². The molecular weight excluding hydrogens is 190 g/mol. The first-order chi connectivity index (χ1) is 6.60. The molecule has 0 amide bonds. The normalized spacial score (nSPS) is 10.7. The SMILES string of the molecule is COc1nc(C)cc(CN)c1C(F)F. The molecule has 0 saturated carbocycles. The topological polar surface area (TPSA) is 48.1 Å². The fourth-order valence-corrected chi connectivity index (χ4v) is 1.28. The summed E-state index contributed by atoms with van der Waals surface area (Å²) in [6, 6.07) is 1.55. The summed E-state index contributed by atoms with van der Waals surface area (Å²) >= 11 is 0. The molecule has 5 heteroatoms. The van der Waals surface area contributed by atoms with Gasteiger partial charge in [-0.05, 0) is 18.6 Å². The molecule has 0 aliphatic heterocycles. The summed E-state index contributed by atoms with van der Waals surface area (Å²) in [5.41, 5.74) is 6.15. The lowest BCUT2D eigenvalue weighted by Crippen LogP contribution is -2.07. The molecule has 78 valence electrons. The summed E-state index contributed by atoms with van der Waals surface area (Å²) in [4.78, 5) is 3.86. The minimum Gasteiger partial charge on any atom is -0.481 e. The van der Waals surface area contributed by atoms with Gasteiger partial charge in [-0.25, -0.2) is 13.8 Å². The molecule has 1 rings (SSSR count). The van der Waals surface area contributed by atoms with Gasteiger partial charge in [-0.1, -0.05) is 0 Å². The number of hydrogen-bond donors (Lipinski definition) is 1. The van der Waals surface area contributed by atoms with Gasteiger partial charge in [0.1, 0.15) is 0 Å². The Kier molecular flexibility index (Phi) is 3.35. The van der Waals surface area contributed by atoms with Gasteiger partial charge in [-0.2, -0.15) is 0 Å². The lowest BCUT2D eigenvalue weighted by Gasteiger charge is -2.11. The molecule has 0 spiro atoms. The first-order valence-electron chi connectivity index (χ1n) is 4.12. The van der Waals surface area contributed by atoms with Gasteiger partial charge < -0.3 is 10.5 Å². The van der Waals surface area contributed by atoms with Crippen LogP contribution in [0.2, 0.25) is 0 Å². The van der Waals surface area contributed by atoms with Crippen LogP contribution in [0.1, 0.15) is 23.2 Å². The summed E-state index contributed by atoms with van der Waals surface area (Å²) < 4.78 is 30.0. The smallest absolute Gasteiger partial charge is 0.269 e. The Bertz CT molecular complexity index is 304. The fraction of sp³-hybridized carbons (Fsp3) is 0.444. The van der Waals surface area contributed by atoms with E-state index in [4.69, 9.17) is 10.5 Å². The first-order valence-corrected chi connectivity index (χ1v) is 4.12. The van der Waals surface area contributed by atoms with Crippen molar-refractivity contribution in [3.8, 4) is 5.88 Å². The first kappa shape index (κ1) is 10.8. The lowest BCUT2D eigenvalue weighted by atomic mass is 10.1. The summed E-state index contributed by atoms with van der Waals surface area (Å²) in [6.45, 7) is 1.76. The average molecular weight is 202 g/mol. The highest BCUT2D eigenvalue weighted by atomic mass is 19.3. The van der Waals surface area contributed by atoms with Crippen LogP contribution in [0.4, 0.5) is 8.78 Å². The number of aryl methyl sites for hydroxylation is 1. The zero-order valence-electron chi connectivity index (χ0n) is 8.05. The number of ether oxygens (including phenoxy) is 1. The van der Waals surface area contributed by atoms with Crippen molar-refractivity contribution in [2.75, 3.05) is 7.11 Å². The third-order valence-electron chi connectivity index (χ3n) is 1.87. The van der Waals surface area contributed by atoms with Crippen LogP contribution in [0, 0.1) is 6.92 Å². The second-order valence-corrected chi connectivity index (χ2v) is 2.85. The molecule has 0 atom stereocenters. The monoisotopic (exact) mass is 202 g/mol. The van der Waals surface area contributed by atoms with Gasteiger partial charge in [0.2, 0.25) is 5.88 Å². The van der Waals surface area contributed by atoms with E-state index >= 15 is 0 Å². The van der Waals surface area contributed by atoms with Crippen LogP contribution in [0.25, 0.3) is 0 Å². The predicted molar refractivity (Wildman–Crippen MR) is 48.4 cm³/mol. The highest BCUT2D eigenvalue weighted by Crippen LogP contribution is 2.30. The number of halogens is 2. The Morgan fingerprint density at radius 1 is 1.57 bits per heavy atom. The van der Waals surface area contributed by atoms with Gasteiger partial charge in [-0.3, -0.25) is 0 Å². The number of nitrogens with zero attached hydrogens (tertiary/aromatic N) is 1. The number of alkyl halides is 2. The van der Waals surface area contributed by atoms with Crippen molar-refractivity contribution >= 4 is 0 Å². The molecule has 1 heterocycles. The molecule has 0 unspecified atom stereocenters.